The van der Waals surface area contributed by atoms with Gasteiger partial charge in [-0.3, -0.25) is 28.7 Å². The van der Waals surface area contributed by atoms with Crippen LogP contribution in [-0.4, -0.2) is 66.9 Å². The molecule has 50 heavy (non-hydrogen) atoms. The van der Waals surface area contributed by atoms with Crippen LogP contribution in [0.15, 0.2) is 73.1 Å². The van der Waals surface area contributed by atoms with Gasteiger partial charge in [0.25, 0.3) is 5.91 Å². The van der Waals surface area contributed by atoms with Gasteiger partial charge < -0.3 is 15.4 Å². The fourth-order valence-corrected chi connectivity index (χ4v) is 6.10. The van der Waals surface area contributed by atoms with Crippen LogP contribution in [0.25, 0.3) is 27.9 Å². The van der Waals surface area contributed by atoms with Crippen molar-refractivity contribution in [3.05, 3.63) is 101 Å². The molecule has 3 amide bonds. The van der Waals surface area contributed by atoms with Gasteiger partial charge in [-0.25, -0.2) is 4.79 Å². The van der Waals surface area contributed by atoms with Crippen molar-refractivity contribution in [1.29, 1.82) is 0 Å². The second kappa shape index (κ2) is 13.9. The number of rotatable bonds is 9. The number of aldehydes is 1. The van der Waals surface area contributed by atoms with Crippen LogP contribution in [-0.2, 0) is 16.1 Å². The van der Waals surface area contributed by atoms with Gasteiger partial charge in [0.1, 0.15) is 11.3 Å². The minimum Gasteiger partial charge on any atom is -0.444 e. The molecule has 256 valence electrons. The maximum Gasteiger partial charge on any atom is 0.410 e. The van der Waals surface area contributed by atoms with Crippen molar-refractivity contribution in [1.82, 2.24) is 29.8 Å². The van der Waals surface area contributed by atoms with Gasteiger partial charge in [-0.2, -0.15) is 0 Å². The monoisotopic (exact) mass is 673 g/mol. The zero-order chi connectivity index (χ0) is 35.6. The summed E-state index contributed by atoms with van der Waals surface area (Å²) in [5.41, 5.74) is 7.09. The van der Waals surface area contributed by atoms with E-state index in [0.717, 1.165) is 33.4 Å². The Kier molecular flexibility index (Phi) is 9.45. The lowest BCUT2D eigenvalue weighted by Crippen LogP contribution is -2.44. The summed E-state index contributed by atoms with van der Waals surface area (Å²) in [7, 11) is 0. The molecule has 2 N–H and O–H groups in total. The van der Waals surface area contributed by atoms with Crippen LogP contribution in [0.4, 0.5) is 10.5 Å². The van der Waals surface area contributed by atoms with E-state index in [9.17, 15) is 19.2 Å². The normalized spacial score (nSPS) is 14.3. The molecule has 4 heterocycles. The van der Waals surface area contributed by atoms with E-state index in [1.165, 1.54) is 12.3 Å². The molecule has 3 aromatic heterocycles. The number of pyridine rings is 2. The first-order valence-corrected chi connectivity index (χ1v) is 16.4. The summed E-state index contributed by atoms with van der Waals surface area (Å²) in [6, 6.07) is 18.8. The molecule has 0 spiro atoms. The minimum absolute atomic E-state index is 0.0231. The Morgan fingerprint density at radius 3 is 2.44 bits per heavy atom. The smallest absolute Gasteiger partial charge is 0.410 e. The molecule has 0 saturated carbocycles. The lowest BCUT2D eigenvalue weighted by atomic mass is 9.90. The zero-order valence-electron chi connectivity index (χ0n) is 28.7. The van der Waals surface area contributed by atoms with Crippen molar-refractivity contribution < 1.29 is 23.9 Å². The molecule has 6 rings (SSSR count). The van der Waals surface area contributed by atoms with E-state index in [0.29, 0.717) is 48.4 Å². The summed E-state index contributed by atoms with van der Waals surface area (Å²) in [5, 5.41) is 14.7. The quantitative estimate of drug-likeness (QED) is 0.177. The van der Waals surface area contributed by atoms with E-state index < -0.39 is 11.7 Å². The van der Waals surface area contributed by atoms with Gasteiger partial charge in [-0.05, 0) is 105 Å². The lowest BCUT2D eigenvalue weighted by molar-refractivity contribution is -0.119. The van der Waals surface area contributed by atoms with E-state index in [2.05, 4.69) is 44.9 Å². The maximum absolute atomic E-state index is 13.2. The van der Waals surface area contributed by atoms with E-state index in [4.69, 9.17) is 4.74 Å². The van der Waals surface area contributed by atoms with Gasteiger partial charge in [0.2, 0.25) is 5.91 Å². The van der Waals surface area contributed by atoms with Crippen LogP contribution in [0.5, 0.6) is 0 Å². The average molecular weight is 674 g/mol. The van der Waals surface area contributed by atoms with E-state index >= 15 is 0 Å². The maximum atomic E-state index is 13.2. The van der Waals surface area contributed by atoms with E-state index in [-0.39, 0.29) is 30.1 Å². The van der Waals surface area contributed by atoms with Crippen LogP contribution < -0.4 is 10.6 Å². The Morgan fingerprint density at radius 1 is 1.02 bits per heavy atom. The fraction of sp³-hybridized carbons (Fsp3) is 0.289. The van der Waals surface area contributed by atoms with Crippen molar-refractivity contribution in [3.8, 4) is 22.3 Å². The highest BCUT2D eigenvalue weighted by molar-refractivity contribution is 6.04. The number of nitrogens with one attached hydrogen (secondary N) is 2. The van der Waals surface area contributed by atoms with Gasteiger partial charge in [-0.1, -0.05) is 30.3 Å². The molecule has 1 atom stereocenters. The molecule has 1 saturated heterocycles. The van der Waals surface area contributed by atoms with Crippen LogP contribution in [0.3, 0.4) is 0 Å². The number of carbonyl (C=O) groups excluding carboxylic acids is 4. The Bertz CT molecular complexity index is 2100. The summed E-state index contributed by atoms with van der Waals surface area (Å²) in [6.07, 6.45) is 4.55. The van der Waals surface area contributed by atoms with Crippen molar-refractivity contribution in [2.24, 2.45) is 0 Å². The lowest BCUT2D eigenvalue weighted by Gasteiger charge is -2.28. The minimum atomic E-state index is -0.681. The second-order valence-corrected chi connectivity index (χ2v) is 13.4. The molecule has 0 bridgehead atoms. The molecule has 2 aromatic carbocycles. The van der Waals surface area contributed by atoms with Gasteiger partial charge in [0.05, 0.1) is 6.54 Å². The molecule has 0 radical (unpaired) electrons. The summed E-state index contributed by atoms with van der Waals surface area (Å²) >= 11 is 0. The Labute approximate surface area is 289 Å². The number of hydrogen-bond acceptors (Lipinski definition) is 8. The fourth-order valence-electron chi connectivity index (χ4n) is 6.10. The highest BCUT2D eigenvalue weighted by Gasteiger charge is 2.29. The van der Waals surface area contributed by atoms with E-state index in [1.54, 1.807) is 11.0 Å². The number of aromatic nitrogens is 4. The zero-order valence-corrected chi connectivity index (χ0v) is 28.7. The highest BCUT2D eigenvalue weighted by atomic mass is 16.6. The van der Waals surface area contributed by atoms with Crippen LogP contribution in [0.1, 0.15) is 71.4 Å². The molecule has 12 nitrogen and oxygen atoms in total. The standard InChI is InChI=1S/C38H39N7O5/c1-23-28(8-6-9-29(23)30-10-7-11-31(24(30)2)41-36(48)32-14-12-25(22-46)19-39-32)26-16-17-45-33(18-26)42-43-34(45)21-44(37(49)50-38(3,4)5)20-27-13-15-35(47)40-27/h6-12,14,16-19,22,27H,13,15,20-21H2,1-5H3,(H,40,47)(H,41,48)/t27-/m0/s1. The third-order valence-electron chi connectivity index (χ3n) is 8.66. The second-order valence-electron chi connectivity index (χ2n) is 13.4. The molecule has 12 heteroatoms. The first-order chi connectivity index (χ1) is 23.9. The summed E-state index contributed by atoms with van der Waals surface area (Å²) in [4.78, 5) is 54.6. The SMILES string of the molecule is Cc1c(NC(=O)c2ccc(C=O)cn2)cccc1-c1cccc(-c2ccn3c(CN(C[C@@H]4CCC(=O)N4)C(=O)OC(C)(C)C)nnc3c2)c1C. The molecule has 0 aliphatic carbocycles. The number of hydrogen-bond donors (Lipinski definition) is 2. The third kappa shape index (κ3) is 7.39. The highest BCUT2D eigenvalue weighted by Crippen LogP contribution is 2.36. The Balaban J connectivity index is 1.25. The summed E-state index contributed by atoms with van der Waals surface area (Å²) < 4.78 is 7.53. The molecule has 1 aliphatic heterocycles. The van der Waals surface area contributed by atoms with Gasteiger partial charge in [-0.15, -0.1) is 10.2 Å². The van der Waals surface area contributed by atoms with Crippen molar-refractivity contribution in [2.45, 2.75) is 65.6 Å². The average Bonchev–Trinajstić information content (AvgIpc) is 3.69. The van der Waals surface area contributed by atoms with Gasteiger partial charge in [0, 0.05) is 42.7 Å². The Hall–Kier alpha value is -5.91. The Morgan fingerprint density at radius 2 is 1.76 bits per heavy atom. The first-order valence-electron chi connectivity index (χ1n) is 16.4. The molecule has 1 aliphatic rings. The molecular weight excluding hydrogens is 634 g/mol. The van der Waals surface area contributed by atoms with Crippen molar-refractivity contribution in [2.75, 3.05) is 11.9 Å². The molecular formula is C38H39N7O5. The topological polar surface area (TPSA) is 148 Å². The predicted octanol–water partition coefficient (Wildman–Crippen LogP) is 6.16. The number of benzene rings is 2. The number of fused-ring (bicyclic) bond motifs is 1. The first kappa shape index (κ1) is 34.0. The number of anilines is 1. The van der Waals surface area contributed by atoms with Crippen molar-refractivity contribution >= 4 is 35.5 Å². The molecule has 1 fully saturated rings. The summed E-state index contributed by atoms with van der Waals surface area (Å²) in [5.74, 6) is 0.176. The summed E-state index contributed by atoms with van der Waals surface area (Å²) in [6.45, 7) is 9.93. The molecule has 5 aromatic rings. The van der Waals surface area contributed by atoms with Gasteiger partial charge >= 0.3 is 6.09 Å². The largest absolute Gasteiger partial charge is 0.444 e. The third-order valence-corrected chi connectivity index (χ3v) is 8.66. The number of carbonyl (C=O) groups is 4. The van der Waals surface area contributed by atoms with E-state index in [1.807, 2.05) is 74.7 Å². The van der Waals surface area contributed by atoms with Crippen LogP contribution >= 0.6 is 0 Å². The van der Waals surface area contributed by atoms with Crippen LogP contribution in [0.2, 0.25) is 0 Å². The number of ether oxygens (including phenoxy) is 1. The number of nitrogens with zero attached hydrogens (tertiary/aromatic N) is 5. The molecule has 0 unspecified atom stereocenters. The number of amides is 3. The predicted molar refractivity (Wildman–Crippen MR) is 189 cm³/mol. The van der Waals surface area contributed by atoms with Crippen molar-refractivity contribution in [3.63, 3.8) is 0 Å². The van der Waals surface area contributed by atoms with Gasteiger partial charge in [0.15, 0.2) is 17.8 Å². The van der Waals surface area contributed by atoms with Crippen LogP contribution in [0, 0.1) is 13.8 Å².